The number of anilines is 1. The SMILES string of the molecule is CC(CO)CNCc1c(C(C)C)nn(C)c1N1CCOCC1. The average Bonchev–Trinajstić information content (AvgIpc) is 2.85. The predicted molar refractivity (Wildman–Crippen MR) is 88.3 cm³/mol. The van der Waals surface area contributed by atoms with Crippen molar-refractivity contribution in [3.63, 3.8) is 0 Å². The number of ether oxygens (including phenoxy) is 1. The fourth-order valence-corrected chi connectivity index (χ4v) is 2.89. The lowest BCUT2D eigenvalue weighted by molar-refractivity contribution is 0.122. The molecule has 6 nitrogen and oxygen atoms in total. The number of aromatic nitrogens is 2. The Labute approximate surface area is 133 Å². The number of aliphatic hydroxyl groups excluding tert-OH is 1. The van der Waals surface area contributed by atoms with Gasteiger partial charge in [0.1, 0.15) is 5.82 Å². The first-order valence-electron chi connectivity index (χ1n) is 8.24. The Morgan fingerprint density at radius 3 is 2.55 bits per heavy atom. The van der Waals surface area contributed by atoms with Crippen LogP contribution in [0, 0.1) is 5.92 Å². The van der Waals surface area contributed by atoms with Crippen molar-refractivity contribution in [1.82, 2.24) is 15.1 Å². The molecule has 1 aromatic rings. The molecule has 1 aliphatic rings. The van der Waals surface area contributed by atoms with Crippen LogP contribution >= 0.6 is 0 Å². The molecule has 1 saturated heterocycles. The summed E-state index contributed by atoms with van der Waals surface area (Å²) in [6, 6.07) is 0. The molecule has 2 N–H and O–H groups in total. The van der Waals surface area contributed by atoms with Crippen LogP contribution in [0.25, 0.3) is 0 Å². The molecule has 1 aliphatic heterocycles. The molecule has 22 heavy (non-hydrogen) atoms. The predicted octanol–water partition coefficient (Wildman–Crippen LogP) is 1.10. The highest BCUT2D eigenvalue weighted by Crippen LogP contribution is 2.28. The van der Waals surface area contributed by atoms with Crippen LogP contribution in [0.4, 0.5) is 5.82 Å². The number of nitrogens with zero attached hydrogens (tertiary/aromatic N) is 3. The second kappa shape index (κ2) is 7.94. The van der Waals surface area contributed by atoms with Gasteiger partial charge in [-0.2, -0.15) is 5.10 Å². The van der Waals surface area contributed by atoms with E-state index in [4.69, 9.17) is 14.9 Å². The molecule has 126 valence electrons. The molecule has 0 spiro atoms. The molecular formula is C16H30N4O2. The molecule has 2 heterocycles. The number of aryl methyl sites for hydroxylation is 1. The fourth-order valence-electron chi connectivity index (χ4n) is 2.89. The topological polar surface area (TPSA) is 62.5 Å². The number of rotatable bonds is 7. The molecule has 1 unspecified atom stereocenters. The number of hydrogen-bond acceptors (Lipinski definition) is 5. The van der Waals surface area contributed by atoms with Crippen LogP contribution in [-0.4, -0.2) is 54.3 Å². The van der Waals surface area contributed by atoms with Gasteiger partial charge in [0.25, 0.3) is 0 Å². The van der Waals surface area contributed by atoms with Crippen molar-refractivity contribution >= 4 is 5.82 Å². The lowest BCUT2D eigenvalue weighted by Crippen LogP contribution is -2.38. The molecule has 0 radical (unpaired) electrons. The van der Waals surface area contributed by atoms with Crippen LogP contribution in [-0.2, 0) is 18.3 Å². The van der Waals surface area contributed by atoms with E-state index >= 15 is 0 Å². The molecule has 0 saturated carbocycles. The highest BCUT2D eigenvalue weighted by atomic mass is 16.5. The molecule has 1 fully saturated rings. The van der Waals surface area contributed by atoms with Gasteiger partial charge >= 0.3 is 0 Å². The summed E-state index contributed by atoms with van der Waals surface area (Å²) < 4.78 is 7.47. The van der Waals surface area contributed by atoms with E-state index in [0.717, 1.165) is 45.1 Å². The largest absolute Gasteiger partial charge is 0.396 e. The van der Waals surface area contributed by atoms with Crippen LogP contribution in [0.1, 0.15) is 37.9 Å². The van der Waals surface area contributed by atoms with Crippen molar-refractivity contribution in [2.45, 2.75) is 33.2 Å². The van der Waals surface area contributed by atoms with Crippen LogP contribution in [0.2, 0.25) is 0 Å². The summed E-state index contributed by atoms with van der Waals surface area (Å²) in [6.45, 7) is 11.6. The first kappa shape index (κ1) is 17.2. The molecule has 6 heteroatoms. The van der Waals surface area contributed by atoms with Crippen molar-refractivity contribution in [3.05, 3.63) is 11.3 Å². The van der Waals surface area contributed by atoms with E-state index in [2.05, 4.69) is 24.1 Å². The molecule has 0 bridgehead atoms. The summed E-state index contributed by atoms with van der Waals surface area (Å²) in [4.78, 5) is 2.37. The number of hydrogen-bond donors (Lipinski definition) is 2. The molecule has 0 aromatic carbocycles. The minimum atomic E-state index is 0.216. The summed E-state index contributed by atoms with van der Waals surface area (Å²) in [7, 11) is 2.02. The van der Waals surface area contributed by atoms with Crippen LogP contribution in [0.3, 0.4) is 0 Å². The van der Waals surface area contributed by atoms with Gasteiger partial charge in [-0.1, -0.05) is 20.8 Å². The maximum Gasteiger partial charge on any atom is 0.131 e. The minimum Gasteiger partial charge on any atom is -0.396 e. The Kier molecular flexibility index (Phi) is 6.23. The summed E-state index contributed by atoms with van der Waals surface area (Å²) >= 11 is 0. The Bertz CT molecular complexity index is 467. The lowest BCUT2D eigenvalue weighted by Gasteiger charge is -2.29. The Morgan fingerprint density at radius 1 is 1.27 bits per heavy atom. The molecule has 0 amide bonds. The zero-order chi connectivity index (χ0) is 16.1. The summed E-state index contributed by atoms with van der Waals surface area (Å²) in [6.07, 6.45) is 0. The highest BCUT2D eigenvalue weighted by molar-refractivity contribution is 5.51. The van der Waals surface area contributed by atoms with E-state index in [0.29, 0.717) is 5.92 Å². The zero-order valence-corrected chi connectivity index (χ0v) is 14.3. The zero-order valence-electron chi connectivity index (χ0n) is 14.3. The Morgan fingerprint density at radius 2 is 1.95 bits per heavy atom. The third kappa shape index (κ3) is 4.00. The maximum absolute atomic E-state index is 9.16. The van der Waals surface area contributed by atoms with E-state index in [-0.39, 0.29) is 12.5 Å². The smallest absolute Gasteiger partial charge is 0.131 e. The summed E-state index contributed by atoms with van der Waals surface area (Å²) in [5.41, 5.74) is 2.44. The maximum atomic E-state index is 9.16. The molecular weight excluding hydrogens is 280 g/mol. The summed E-state index contributed by atoms with van der Waals surface area (Å²) in [5.74, 6) is 1.87. The molecule has 1 atom stereocenters. The second-order valence-electron chi connectivity index (χ2n) is 6.48. The average molecular weight is 310 g/mol. The number of morpholine rings is 1. The van der Waals surface area contributed by atoms with Crippen molar-refractivity contribution < 1.29 is 9.84 Å². The molecule has 2 rings (SSSR count). The first-order chi connectivity index (χ1) is 10.5. The van der Waals surface area contributed by atoms with E-state index in [1.54, 1.807) is 0 Å². The van der Waals surface area contributed by atoms with Crippen LogP contribution in [0.15, 0.2) is 0 Å². The van der Waals surface area contributed by atoms with Crippen molar-refractivity contribution in [2.75, 3.05) is 44.4 Å². The van der Waals surface area contributed by atoms with E-state index in [1.807, 2.05) is 18.7 Å². The van der Waals surface area contributed by atoms with Crippen LogP contribution < -0.4 is 10.2 Å². The molecule has 1 aromatic heterocycles. The standard InChI is InChI=1S/C16H30N4O2/c1-12(2)15-14(10-17-9-13(3)11-21)16(19(4)18-15)20-5-7-22-8-6-20/h12-13,17,21H,5-11H2,1-4H3. The fraction of sp³-hybridized carbons (Fsp3) is 0.812. The Balaban J connectivity index is 2.19. The third-order valence-electron chi connectivity index (χ3n) is 4.11. The van der Waals surface area contributed by atoms with Gasteiger partial charge in [-0.05, 0) is 11.8 Å². The monoisotopic (exact) mass is 310 g/mol. The van der Waals surface area contributed by atoms with Crippen molar-refractivity contribution in [1.29, 1.82) is 0 Å². The van der Waals surface area contributed by atoms with Crippen LogP contribution in [0.5, 0.6) is 0 Å². The van der Waals surface area contributed by atoms with Gasteiger partial charge in [-0.15, -0.1) is 0 Å². The van der Waals surface area contributed by atoms with Gasteiger partial charge in [0.05, 0.1) is 18.9 Å². The minimum absolute atomic E-state index is 0.216. The van der Waals surface area contributed by atoms with Gasteiger partial charge < -0.3 is 20.1 Å². The number of nitrogens with one attached hydrogen (secondary N) is 1. The lowest BCUT2D eigenvalue weighted by atomic mass is 10.0. The highest BCUT2D eigenvalue weighted by Gasteiger charge is 2.24. The molecule has 0 aliphatic carbocycles. The van der Waals surface area contributed by atoms with Crippen molar-refractivity contribution in [2.24, 2.45) is 13.0 Å². The number of aliphatic hydroxyl groups is 1. The van der Waals surface area contributed by atoms with E-state index in [9.17, 15) is 0 Å². The summed E-state index contributed by atoms with van der Waals surface area (Å²) in [5, 5.41) is 17.4. The van der Waals surface area contributed by atoms with Gasteiger partial charge in [-0.3, -0.25) is 4.68 Å². The van der Waals surface area contributed by atoms with E-state index < -0.39 is 0 Å². The Hall–Kier alpha value is -1.11. The van der Waals surface area contributed by atoms with Crippen molar-refractivity contribution in [3.8, 4) is 0 Å². The van der Waals surface area contributed by atoms with Gasteiger partial charge in [-0.25, -0.2) is 0 Å². The quantitative estimate of drug-likeness (QED) is 0.789. The van der Waals surface area contributed by atoms with Gasteiger partial charge in [0.2, 0.25) is 0 Å². The van der Waals surface area contributed by atoms with E-state index in [1.165, 1.54) is 11.4 Å². The van der Waals surface area contributed by atoms with Gasteiger partial charge in [0, 0.05) is 45.4 Å². The third-order valence-corrected chi connectivity index (χ3v) is 4.11. The normalized spacial score (nSPS) is 17.3. The second-order valence-corrected chi connectivity index (χ2v) is 6.48. The first-order valence-corrected chi connectivity index (χ1v) is 8.24. The van der Waals surface area contributed by atoms with Gasteiger partial charge in [0.15, 0.2) is 0 Å².